The molecule has 1 aromatic heterocycles. The Morgan fingerprint density at radius 2 is 2.00 bits per heavy atom. The van der Waals surface area contributed by atoms with Crippen LogP contribution in [0.15, 0.2) is 17.5 Å². The number of thiophene rings is 1. The second-order valence-electron chi connectivity index (χ2n) is 2.58. The van der Waals surface area contributed by atoms with Gasteiger partial charge in [0, 0.05) is 0 Å². The summed E-state index contributed by atoms with van der Waals surface area (Å²) in [5, 5.41) is 10.1. The molecule has 0 atom stereocenters. The van der Waals surface area contributed by atoms with E-state index in [4.69, 9.17) is 5.11 Å². The van der Waals surface area contributed by atoms with Crippen LogP contribution in [-0.4, -0.2) is 29.1 Å². The predicted molar refractivity (Wildman–Crippen MR) is 50.4 cm³/mol. The fourth-order valence-electron chi connectivity index (χ4n) is 0.857. The smallest absolute Gasteiger partial charge is 0.224 e. The molecular formula is C9H8O4S. The summed E-state index contributed by atoms with van der Waals surface area (Å²) in [4.78, 5) is 33.4. The van der Waals surface area contributed by atoms with Gasteiger partial charge in [0.2, 0.25) is 11.6 Å². The van der Waals surface area contributed by atoms with E-state index in [0.717, 1.165) is 0 Å². The van der Waals surface area contributed by atoms with Crippen molar-refractivity contribution in [3.05, 3.63) is 22.4 Å². The van der Waals surface area contributed by atoms with Crippen LogP contribution >= 0.6 is 11.3 Å². The molecule has 0 radical (unpaired) electrons. The van der Waals surface area contributed by atoms with E-state index >= 15 is 0 Å². The zero-order valence-electron chi connectivity index (χ0n) is 7.23. The van der Waals surface area contributed by atoms with E-state index in [9.17, 15) is 14.4 Å². The quantitative estimate of drug-likeness (QED) is 0.437. The average Bonchev–Trinajstić information content (AvgIpc) is 2.69. The zero-order valence-corrected chi connectivity index (χ0v) is 8.04. The lowest BCUT2D eigenvalue weighted by Gasteiger charge is -1.95. The summed E-state index contributed by atoms with van der Waals surface area (Å²) in [5.74, 6) is -2.15. The summed E-state index contributed by atoms with van der Waals surface area (Å²) in [5.41, 5.74) is 0. The maximum Gasteiger partial charge on any atom is 0.224 e. The van der Waals surface area contributed by atoms with Crippen molar-refractivity contribution in [2.24, 2.45) is 0 Å². The van der Waals surface area contributed by atoms with Gasteiger partial charge in [-0.2, -0.15) is 0 Å². The molecule has 5 heteroatoms. The molecule has 1 aromatic rings. The van der Waals surface area contributed by atoms with Crippen molar-refractivity contribution in [3.8, 4) is 0 Å². The van der Waals surface area contributed by atoms with Gasteiger partial charge >= 0.3 is 0 Å². The van der Waals surface area contributed by atoms with E-state index in [1.54, 1.807) is 17.5 Å². The number of aliphatic hydroxyl groups excluding tert-OH is 1. The molecule has 0 saturated heterocycles. The molecule has 0 aliphatic heterocycles. The van der Waals surface area contributed by atoms with Gasteiger partial charge in [0.05, 0.1) is 11.3 Å². The molecule has 0 aromatic carbocycles. The van der Waals surface area contributed by atoms with Gasteiger partial charge < -0.3 is 5.11 Å². The number of carbonyl (C=O) groups is 3. The molecule has 0 spiro atoms. The summed E-state index contributed by atoms with van der Waals surface area (Å²) < 4.78 is 0. The Morgan fingerprint density at radius 3 is 2.50 bits per heavy atom. The maximum atomic E-state index is 11.3. The molecule has 74 valence electrons. The van der Waals surface area contributed by atoms with Crippen LogP contribution in [0.3, 0.4) is 0 Å². The topological polar surface area (TPSA) is 71.4 Å². The third kappa shape index (κ3) is 2.58. The summed E-state index contributed by atoms with van der Waals surface area (Å²) in [6.45, 7) is -0.837. The molecule has 1 N–H and O–H groups in total. The van der Waals surface area contributed by atoms with Gasteiger partial charge in [0.1, 0.15) is 6.61 Å². The van der Waals surface area contributed by atoms with E-state index in [-0.39, 0.29) is 5.78 Å². The minimum absolute atomic E-state index is 0.383. The van der Waals surface area contributed by atoms with Crippen molar-refractivity contribution in [2.45, 2.75) is 6.42 Å². The highest BCUT2D eigenvalue weighted by Crippen LogP contribution is 2.11. The Balaban J connectivity index is 2.58. The molecule has 0 bridgehead atoms. The van der Waals surface area contributed by atoms with Crippen LogP contribution in [-0.2, 0) is 9.59 Å². The van der Waals surface area contributed by atoms with Crippen LogP contribution in [0.2, 0.25) is 0 Å². The molecule has 14 heavy (non-hydrogen) atoms. The molecule has 0 fully saturated rings. The Labute approximate surface area is 84.2 Å². The predicted octanol–water partition coefficient (Wildman–Crippen LogP) is 0.451. The van der Waals surface area contributed by atoms with Gasteiger partial charge in [-0.05, 0) is 11.4 Å². The van der Waals surface area contributed by atoms with E-state index in [0.29, 0.717) is 4.88 Å². The van der Waals surface area contributed by atoms with Crippen molar-refractivity contribution >= 4 is 28.7 Å². The Bertz CT molecular complexity index is 353. The van der Waals surface area contributed by atoms with Gasteiger partial charge in [-0.1, -0.05) is 6.07 Å². The molecule has 0 aliphatic rings. The number of ketones is 3. The van der Waals surface area contributed by atoms with Crippen LogP contribution in [0, 0.1) is 0 Å². The maximum absolute atomic E-state index is 11.3. The van der Waals surface area contributed by atoms with Gasteiger partial charge in [0.15, 0.2) is 5.78 Å². The number of Topliss-reactive ketones (excluding diaryl/α,β-unsaturated/α-hetero) is 3. The minimum Gasteiger partial charge on any atom is -0.388 e. The summed E-state index contributed by atoms with van der Waals surface area (Å²) in [6, 6.07) is 3.28. The SMILES string of the molecule is O=C(CO)C(=O)CC(=O)c1cccs1. The second kappa shape index (κ2) is 4.78. The first-order chi connectivity index (χ1) is 6.65. The largest absolute Gasteiger partial charge is 0.388 e. The fraction of sp³-hybridized carbons (Fsp3) is 0.222. The average molecular weight is 212 g/mol. The Hall–Kier alpha value is -1.33. The van der Waals surface area contributed by atoms with E-state index < -0.39 is 24.6 Å². The van der Waals surface area contributed by atoms with Crippen molar-refractivity contribution in [1.29, 1.82) is 0 Å². The lowest BCUT2D eigenvalue weighted by atomic mass is 10.1. The monoisotopic (exact) mass is 212 g/mol. The van der Waals surface area contributed by atoms with Crippen molar-refractivity contribution in [3.63, 3.8) is 0 Å². The summed E-state index contributed by atoms with van der Waals surface area (Å²) in [7, 11) is 0. The first kappa shape index (κ1) is 10.7. The third-order valence-electron chi connectivity index (χ3n) is 1.57. The molecule has 1 heterocycles. The third-order valence-corrected chi connectivity index (χ3v) is 2.48. The highest BCUT2D eigenvalue weighted by molar-refractivity contribution is 7.12. The van der Waals surface area contributed by atoms with Gasteiger partial charge in [-0.3, -0.25) is 14.4 Å². The van der Waals surface area contributed by atoms with E-state index in [2.05, 4.69) is 0 Å². The van der Waals surface area contributed by atoms with Crippen LogP contribution < -0.4 is 0 Å². The van der Waals surface area contributed by atoms with Crippen LogP contribution in [0.25, 0.3) is 0 Å². The second-order valence-corrected chi connectivity index (χ2v) is 3.53. The first-order valence-corrected chi connectivity index (χ1v) is 4.76. The van der Waals surface area contributed by atoms with Crippen LogP contribution in [0.4, 0.5) is 0 Å². The highest BCUT2D eigenvalue weighted by atomic mass is 32.1. The Morgan fingerprint density at radius 1 is 1.29 bits per heavy atom. The lowest BCUT2D eigenvalue weighted by Crippen LogP contribution is -2.20. The van der Waals surface area contributed by atoms with Crippen LogP contribution in [0.1, 0.15) is 16.1 Å². The van der Waals surface area contributed by atoms with Crippen molar-refractivity contribution < 1.29 is 19.5 Å². The molecule has 0 unspecified atom stereocenters. The number of aliphatic hydroxyl groups is 1. The Kier molecular flexibility index (Phi) is 3.67. The molecule has 0 amide bonds. The molecular weight excluding hydrogens is 204 g/mol. The summed E-state index contributed by atoms with van der Waals surface area (Å²) >= 11 is 1.22. The van der Waals surface area contributed by atoms with Gasteiger partial charge in [-0.15, -0.1) is 11.3 Å². The molecule has 4 nitrogen and oxygen atoms in total. The standard InChI is InChI=1S/C9H8O4S/c10-5-8(13)6(11)4-7(12)9-2-1-3-14-9/h1-3,10H,4-5H2. The normalized spacial score (nSPS) is 9.79. The summed E-state index contributed by atoms with van der Waals surface area (Å²) in [6.07, 6.45) is -0.458. The number of hydrogen-bond acceptors (Lipinski definition) is 5. The first-order valence-electron chi connectivity index (χ1n) is 3.88. The van der Waals surface area contributed by atoms with Gasteiger partial charge in [0.25, 0.3) is 0 Å². The molecule has 0 aliphatic carbocycles. The van der Waals surface area contributed by atoms with E-state index in [1.165, 1.54) is 11.3 Å². The van der Waals surface area contributed by atoms with Gasteiger partial charge in [-0.25, -0.2) is 0 Å². The number of carbonyl (C=O) groups excluding carboxylic acids is 3. The lowest BCUT2D eigenvalue weighted by molar-refractivity contribution is -0.137. The van der Waals surface area contributed by atoms with E-state index in [1.807, 2.05) is 0 Å². The number of hydrogen-bond donors (Lipinski definition) is 1. The van der Waals surface area contributed by atoms with Crippen LogP contribution in [0.5, 0.6) is 0 Å². The minimum atomic E-state index is -0.921. The van der Waals surface area contributed by atoms with Crippen molar-refractivity contribution in [2.75, 3.05) is 6.61 Å². The highest BCUT2D eigenvalue weighted by Gasteiger charge is 2.18. The number of rotatable bonds is 5. The fourth-order valence-corrected chi connectivity index (χ4v) is 1.52. The van der Waals surface area contributed by atoms with Crippen molar-refractivity contribution in [1.82, 2.24) is 0 Å². The molecule has 0 saturated carbocycles. The zero-order chi connectivity index (χ0) is 10.6. The molecule has 1 rings (SSSR count).